The highest BCUT2D eigenvalue weighted by Crippen LogP contribution is 2.37. The molecule has 190 valence electrons. The van der Waals surface area contributed by atoms with Crippen LogP contribution in [-0.4, -0.2) is 59.2 Å². The standard InChI is InChI=1S/C26H30FN5O4/c1-14-22(26(34)32-18-7-6-17(10-18)31-21(33)12-35-2)24-25(30-14)23(28-13-29-24)19-9-16(27)5-8-20(19)36-11-15-3-4-15/h5,8-9,13,15,17-18,30H,3-4,6-7,10-12H2,1-2H3,(H,31,33)(H,32,34)/t17-,18-/m0/s1. The molecular formula is C26H30FN5O4. The van der Waals surface area contributed by atoms with Crippen LogP contribution in [0.25, 0.3) is 22.3 Å². The average Bonchev–Trinajstić information content (AvgIpc) is 3.47. The van der Waals surface area contributed by atoms with Gasteiger partial charge in [0.1, 0.15) is 35.7 Å². The first-order valence-corrected chi connectivity index (χ1v) is 12.3. The average molecular weight is 496 g/mol. The number of carbonyl (C=O) groups excluding carboxylic acids is 2. The van der Waals surface area contributed by atoms with Gasteiger partial charge in [0, 0.05) is 30.5 Å². The minimum atomic E-state index is -0.398. The van der Waals surface area contributed by atoms with Gasteiger partial charge in [-0.15, -0.1) is 0 Å². The molecule has 0 radical (unpaired) electrons. The molecule has 5 rings (SSSR count). The van der Waals surface area contributed by atoms with Gasteiger partial charge in [-0.3, -0.25) is 9.59 Å². The highest BCUT2D eigenvalue weighted by atomic mass is 19.1. The summed E-state index contributed by atoms with van der Waals surface area (Å²) < 4.78 is 25.1. The van der Waals surface area contributed by atoms with Gasteiger partial charge in [0.25, 0.3) is 5.91 Å². The van der Waals surface area contributed by atoms with Crippen LogP contribution in [-0.2, 0) is 9.53 Å². The lowest BCUT2D eigenvalue weighted by atomic mass is 10.1. The van der Waals surface area contributed by atoms with E-state index in [1.807, 2.05) is 0 Å². The molecule has 0 bridgehead atoms. The first-order valence-electron chi connectivity index (χ1n) is 12.3. The minimum absolute atomic E-state index is 0.00187. The van der Waals surface area contributed by atoms with Crippen molar-refractivity contribution in [2.24, 2.45) is 5.92 Å². The Kier molecular flexibility index (Phi) is 6.86. The summed E-state index contributed by atoms with van der Waals surface area (Å²) in [5, 5.41) is 6.01. The number of halogens is 1. The lowest BCUT2D eigenvalue weighted by Gasteiger charge is -2.15. The zero-order valence-corrected chi connectivity index (χ0v) is 20.4. The number of methoxy groups -OCH3 is 1. The second-order valence-electron chi connectivity index (χ2n) is 9.65. The third-order valence-electron chi connectivity index (χ3n) is 6.78. The van der Waals surface area contributed by atoms with E-state index in [1.54, 1.807) is 13.0 Å². The van der Waals surface area contributed by atoms with Crippen LogP contribution in [0, 0.1) is 18.7 Å². The maximum Gasteiger partial charge on any atom is 0.255 e. The minimum Gasteiger partial charge on any atom is -0.493 e. The quantitative estimate of drug-likeness (QED) is 0.419. The fourth-order valence-electron chi connectivity index (χ4n) is 4.81. The molecule has 3 aromatic rings. The molecule has 2 aliphatic carbocycles. The Balaban J connectivity index is 1.38. The highest BCUT2D eigenvalue weighted by molar-refractivity contribution is 6.09. The molecule has 2 aliphatic rings. The van der Waals surface area contributed by atoms with Crippen molar-refractivity contribution in [2.75, 3.05) is 20.3 Å². The van der Waals surface area contributed by atoms with Crippen LogP contribution < -0.4 is 15.4 Å². The van der Waals surface area contributed by atoms with Crippen molar-refractivity contribution in [3.63, 3.8) is 0 Å². The van der Waals surface area contributed by atoms with Crippen molar-refractivity contribution < 1.29 is 23.5 Å². The number of benzene rings is 1. The fraction of sp³-hybridized carbons (Fsp3) is 0.462. The maximum atomic E-state index is 14.2. The van der Waals surface area contributed by atoms with Gasteiger partial charge in [-0.05, 0) is 63.1 Å². The largest absolute Gasteiger partial charge is 0.493 e. The zero-order chi connectivity index (χ0) is 25.2. The van der Waals surface area contributed by atoms with Gasteiger partial charge in [-0.1, -0.05) is 0 Å². The van der Waals surface area contributed by atoms with Gasteiger partial charge < -0.3 is 25.1 Å². The van der Waals surface area contributed by atoms with Gasteiger partial charge in [0.05, 0.1) is 17.7 Å². The Bertz CT molecular complexity index is 1290. The Morgan fingerprint density at radius 3 is 2.67 bits per heavy atom. The summed E-state index contributed by atoms with van der Waals surface area (Å²) >= 11 is 0. The number of aryl methyl sites for hydroxylation is 1. The molecule has 2 aromatic heterocycles. The molecule has 2 fully saturated rings. The highest BCUT2D eigenvalue weighted by Gasteiger charge is 2.29. The lowest BCUT2D eigenvalue weighted by molar-refractivity contribution is -0.125. The molecule has 0 saturated heterocycles. The van der Waals surface area contributed by atoms with Gasteiger partial charge >= 0.3 is 0 Å². The molecule has 0 spiro atoms. The number of carbonyl (C=O) groups is 2. The number of fused-ring (bicyclic) bond motifs is 1. The third-order valence-corrected chi connectivity index (χ3v) is 6.78. The number of hydrogen-bond donors (Lipinski definition) is 3. The summed E-state index contributed by atoms with van der Waals surface area (Å²) in [6, 6.07) is 4.32. The van der Waals surface area contributed by atoms with E-state index in [9.17, 15) is 14.0 Å². The van der Waals surface area contributed by atoms with Crippen molar-refractivity contribution in [1.82, 2.24) is 25.6 Å². The molecule has 2 saturated carbocycles. The smallest absolute Gasteiger partial charge is 0.255 e. The first kappa shape index (κ1) is 24.2. The number of rotatable bonds is 9. The van der Waals surface area contributed by atoms with Crippen LogP contribution in [0.2, 0.25) is 0 Å². The Hall–Kier alpha value is -3.53. The molecule has 0 unspecified atom stereocenters. The van der Waals surface area contributed by atoms with E-state index in [2.05, 4.69) is 25.6 Å². The molecule has 3 N–H and O–H groups in total. The summed E-state index contributed by atoms with van der Waals surface area (Å²) in [4.78, 5) is 37.1. The van der Waals surface area contributed by atoms with Crippen molar-refractivity contribution in [1.29, 1.82) is 0 Å². The summed E-state index contributed by atoms with van der Waals surface area (Å²) in [6.07, 6.45) is 5.86. The van der Waals surface area contributed by atoms with Crippen LogP contribution >= 0.6 is 0 Å². The van der Waals surface area contributed by atoms with E-state index < -0.39 is 5.82 Å². The molecule has 10 heteroatoms. The lowest BCUT2D eigenvalue weighted by Crippen LogP contribution is -2.38. The second kappa shape index (κ2) is 10.2. The van der Waals surface area contributed by atoms with Crippen LogP contribution in [0.4, 0.5) is 4.39 Å². The number of aromatic nitrogens is 3. The second-order valence-corrected chi connectivity index (χ2v) is 9.65. The van der Waals surface area contributed by atoms with Gasteiger partial charge in [-0.2, -0.15) is 0 Å². The Morgan fingerprint density at radius 2 is 1.92 bits per heavy atom. The van der Waals surface area contributed by atoms with Crippen molar-refractivity contribution in [3.05, 3.63) is 41.6 Å². The van der Waals surface area contributed by atoms with E-state index in [1.165, 1.54) is 25.6 Å². The third kappa shape index (κ3) is 5.18. The molecule has 1 aromatic carbocycles. The van der Waals surface area contributed by atoms with E-state index in [0.29, 0.717) is 58.2 Å². The van der Waals surface area contributed by atoms with E-state index in [-0.39, 0.29) is 30.5 Å². The molecule has 2 amide bonds. The van der Waals surface area contributed by atoms with Crippen molar-refractivity contribution >= 4 is 22.8 Å². The predicted octanol–water partition coefficient (Wildman–Crippen LogP) is 3.27. The van der Waals surface area contributed by atoms with E-state index >= 15 is 0 Å². The van der Waals surface area contributed by atoms with Crippen LogP contribution in [0.5, 0.6) is 5.75 Å². The van der Waals surface area contributed by atoms with Crippen LogP contribution in [0.3, 0.4) is 0 Å². The molecule has 36 heavy (non-hydrogen) atoms. The van der Waals surface area contributed by atoms with Crippen LogP contribution in [0.1, 0.15) is 48.2 Å². The van der Waals surface area contributed by atoms with Gasteiger partial charge in [0.2, 0.25) is 5.91 Å². The monoisotopic (exact) mass is 495 g/mol. The molecule has 2 atom stereocenters. The number of nitrogens with zero attached hydrogens (tertiary/aromatic N) is 2. The summed E-state index contributed by atoms with van der Waals surface area (Å²) in [5.74, 6) is 0.282. The number of ether oxygens (including phenoxy) is 2. The number of aromatic amines is 1. The Morgan fingerprint density at radius 1 is 1.14 bits per heavy atom. The van der Waals surface area contributed by atoms with Crippen LogP contribution in [0.15, 0.2) is 24.5 Å². The number of amides is 2. The fourth-order valence-corrected chi connectivity index (χ4v) is 4.81. The zero-order valence-electron chi connectivity index (χ0n) is 20.4. The number of nitrogens with one attached hydrogen (secondary N) is 3. The van der Waals surface area contributed by atoms with Gasteiger partial charge in [-0.25, -0.2) is 14.4 Å². The predicted molar refractivity (Wildman–Crippen MR) is 131 cm³/mol. The summed E-state index contributed by atoms with van der Waals surface area (Å²) in [6.45, 7) is 2.40. The van der Waals surface area contributed by atoms with Crippen molar-refractivity contribution in [2.45, 2.75) is 51.1 Å². The maximum absolute atomic E-state index is 14.2. The number of H-pyrrole nitrogens is 1. The van der Waals surface area contributed by atoms with E-state index in [0.717, 1.165) is 25.7 Å². The van der Waals surface area contributed by atoms with Gasteiger partial charge in [0.15, 0.2) is 0 Å². The molecule has 0 aliphatic heterocycles. The molecule has 9 nitrogen and oxygen atoms in total. The van der Waals surface area contributed by atoms with Crippen molar-refractivity contribution in [3.8, 4) is 17.0 Å². The molecule has 2 heterocycles. The Labute approximate surface area is 208 Å². The summed E-state index contributed by atoms with van der Waals surface area (Å²) in [7, 11) is 1.48. The number of hydrogen-bond acceptors (Lipinski definition) is 6. The SMILES string of the molecule is COCC(=O)N[C@H]1CC[C@H](NC(=O)c2c(C)[nH]c3c(-c4cc(F)ccc4OCC4CC4)ncnc23)C1. The molecular weight excluding hydrogens is 465 g/mol. The first-order chi connectivity index (χ1) is 17.4. The van der Waals surface area contributed by atoms with E-state index in [4.69, 9.17) is 9.47 Å². The normalized spacial score (nSPS) is 19.4. The topological polar surface area (TPSA) is 118 Å². The summed E-state index contributed by atoms with van der Waals surface area (Å²) in [5.41, 5.74) is 3.09.